The number of aromatic nitrogens is 1. The fourth-order valence-corrected chi connectivity index (χ4v) is 3.91. The summed E-state index contributed by atoms with van der Waals surface area (Å²) in [5.41, 5.74) is 4.47. The van der Waals surface area contributed by atoms with Crippen molar-refractivity contribution in [3.05, 3.63) is 34.5 Å². The van der Waals surface area contributed by atoms with Crippen LogP contribution in [-0.4, -0.2) is 51.9 Å². The molecule has 0 saturated carbocycles. The molecule has 0 unspecified atom stereocenters. The van der Waals surface area contributed by atoms with E-state index in [0.29, 0.717) is 12.1 Å². The number of carboxylic acid groups (broad SMARTS) is 1. The quantitative estimate of drug-likeness (QED) is 0.854. The Morgan fingerprint density at radius 1 is 1.17 bits per heavy atom. The number of hydrogen-bond acceptors (Lipinski definition) is 3. The van der Waals surface area contributed by atoms with Crippen molar-refractivity contribution >= 4 is 16.9 Å². The molecule has 24 heavy (non-hydrogen) atoms. The number of aliphatic hydroxyl groups excluding tert-OH is 1. The Kier molecular flexibility index (Phi) is 4.92. The van der Waals surface area contributed by atoms with Gasteiger partial charge < -0.3 is 19.7 Å². The number of likely N-dealkylation sites (tertiary alicyclic amines) is 1. The second-order valence-electron chi connectivity index (χ2n) is 6.73. The molecule has 0 spiro atoms. The molecule has 2 N–H and O–H groups in total. The van der Waals surface area contributed by atoms with Gasteiger partial charge in [0.2, 0.25) is 0 Å². The van der Waals surface area contributed by atoms with Gasteiger partial charge in [0.25, 0.3) is 0 Å². The SMILES string of the molecule is Cc1cc2c(CCN3CCCC3)c(C)n(CCO)c2cc1C(=O)O. The zero-order valence-corrected chi connectivity index (χ0v) is 14.5. The first-order valence-electron chi connectivity index (χ1n) is 8.71. The monoisotopic (exact) mass is 330 g/mol. The van der Waals surface area contributed by atoms with E-state index >= 15 is 0 Å². The van der Waals surface area contributed by atoms with Gasteiger partial charge >= 0.3 is 5.97 Å². The summed E-state index contributed by atoms with van der Waals surface area (Å²) in [6.45, 7) is 7.86. The molecule has 0 radical (unpaired) electrons. The molecular formula is C19H26N2O3. The van der Waals surface area contributed by atoms with Crippen LogP contribution >= 0.6 is 0 Å². The number of aryl methyl sites for hydroxylation is 1. The second kappa shape index (κ2) is 6.95. The highest BCUT2D eigenvalue weighted by atomic mass is 16.4. The van der Waals surface area contributed by atoms with Gasteiger partial charge in [-0.05, 0) is 69.5 Å². The molecule has 5 heteroatoms. The van der Waals surface area contributed by atoms with Crippen molar-refractivity contribution in [3.8, 4) is 0 Å². The van der Waals surface area contributed by atoms with E-state index in [1.54, 1.807) is 6.07 Å². The molecule has 1 fully saturated rings. The van der Waals surface area contributed by atoms with Crippen LogP contribution in [0.15, 0.2) is 12.1 Å². The van der Waals surface area contributed by atoms with E-state index in [2.05, 4.69) is 16.4 Å². The molecule has 1 saturated heterocycles. The van der Waals surface area contributed by atoms with E-state index in [1.807, 2.05) is 13.0 Å². The second-order valence-corrected chi connectivity index (χ2v) is 6.73. The number of rotatable bonds is 6. The normalized spacial score (nSPS) is 15.5. The van der Waals surface area contributed by atoms with Gasteiger partial charge in [0, 0.05) is 29.7 Å². The Morgan fingerprint density at radius 2 is 1.88 bits per heavy atom. The average Bonchev–Trinajstić information content (AvgIpc) is 3.13. The summed E-state index contributed by atoms with van der Waals surface area (Å²) in [5, 5.41) is 19.9. The number of hydrogen-bond donors (Lipinski definition) is 2. The third-order valence-electron chi connectivity index (χ3n) is 5.23. The van der Waals surface area contributed by atoms with Crippen molar-refractivity contribution in [3.63, 3.8) is 0 Å². The van der Waals surface area contributed by atoms with Crippen molar-refractivity contribution in [1.29, 1.82) is 0 Å². The highest BCUT2D eigenvalue weighted by Crippen LogP contribution is 2.29. The first-order chi connectivity index (χ1) is 11.5. The molecule has 3 rings (SSSR count). The molecule has 130 valence electrons. The molecule has 0 aliphatic carbocycles. The first kappa shape index (κ1) is 17.0. The third kappa shape index (κ3) is 3.06. The lowest BCUT2D eigenvalue weighted by molar-refractivity contribution is 0.0696. The molecule has 1 aromatic carbocycles. The predicted octanol–water partition coefficient (Wildman–Crippen LogP) is 2.59. The summed E-state index contributed by atoms with van der Waals surface area (Å²) in [4.78, 5) is 14.0. The molecule has 1 aromatic heterocycles. The molecule has 0 bridgehead atoms. The van der Waals surface area contributed by atoms with Crippen molar-refractivity contribution in [1.82, 2.24) is 9.47 Å². The fourth-order valence-electron chi connectivity index (χ4n) is 3.91. The van der Waals surface area contributed by atoms with Crippen LogP contribution in [-0.2, 0) is 13.0 Å². The average molecular weight is 330 g/mol. The van der Waals surface area contributed by atoms with E-state index in [-0.39, 0.29) is 6.61 Å². The van der Waals surface area contributed by atoms with Gasteiger partial charge in [-0.15, -0.1) is 0 Å². The summed E-state index contributed by atoms with van der Waals surface area (Å²) < 4.78 is 2.06. The highest BCUT2D eigenvalue weighted by Gasteiger charge is 2.19. The van der Waals surface area contributed by atoms with Crippen molar-refractivity contribution < 1.29 is 15.0 Å². The third-order valence-corrected chi connectivity index (χ3v) is 5.23. The molecular weight excluding hydrogens is 304 g/mol. The van der Waals surface area contributed by atoms with Crippen LogP contribution in [0.1, 0.15) is 40.0 Å². The van der Waals surface area contributed by atoms with Gasteiger partial charge in [0.05, 0.1) is 12.2 Å². The number of aromatic carboxylic acids is 1. The Hall–Kier alpha value is -1.85. The van der Waals surface area contributed by atoms with Crippen LogP contribution in [0.3, 0.4) is 0 Å². The minimum absolute atomic E-state index is 0.0481. The van der Waals surface area contributed by atoms with Gasteiger partial charge in [-0.3, -0.25) is 0 Å². The van der Waals surface area contributed by atoms with Crippen molar-refractivity contribution in [2.75, 3.05) is 26.2 Å². The smallest absolute Gasteiger partial charge is 0.336 e. The lowest BCUT2D eigenvalue weighted by Gasteiger charge is -2.14. The number of aliphatic hydroxyl groups is 1. The fraction of sp³-hybridized carbons (Fsp3) is 0.526. The zero-order valence-electron chi connectivity index (χ0n) is 14.5. The molecule has 1 aliphatic heterocycles. The molecule has 0 amide bonds. The van der Waals surface area contributed by atoms with Crippen LogP contribution in [0.2, 0.25) is 0 Å². The number of nitrogens with zero attached hydrogens (tertiary/aromatic N) is 2. The molecule has 0 atom stereocenters. The van der Waals surface area contributed by atoms with Crippen LogP contribution in [0.25, 0.3) is 10.9 Å². The largest absolute Gasteiger partial charge is 0.478 e. The predicted molar refractivity (Wildman–Crippen MR) is 94.8 cm³/mol. The molecule has 5 nitrogen and oxygen atoms in total. The number of benzene rings is 1. The highest BCUT2D eigenvalue weighted by molar-refractivity contribution is 5.97. The van der Waals surface area contributed by atoms with Gasteiger partial charge in [-0.2, -0.15) is 0 Å². The molecule has 2 aromatic rings. The Labute approximate surface area is 142 Å². The standard InChI is InChI=1S/C19H26N2O3/c1-13-11-17-15(5-8-20-6-3-4-7-20)14(2)21(9-10-22)18(17)12-16(13)19(23)24/h11-12,22H,3-10H2,1-2H3,(H,23,24). The minimum Gasteiger partial charge on any atom is -0.478 e. The van der Waals surface area contributed by atoms with Gasteiger partial charge in [-0.25, -0.2) is 4.79 Å². The Morgan fingerprint density at radius 3 is 2.50 bits per heavy atom. The van der Waals surface area contributed by atoms with E-state index in [1.165, 1.54) is 31.5 Å². The zero-order chi connectivity index (χ0) is 17.3. The van der Waals surface area contributed by atoms with E-state index in [9.17, 15) is 15.0 Å². The minimum atomic E-state index is -0.901. The van der Waals surface area contributed by atoms with E-state index in [0.717, 1.165) is 35.1 Å². The Balaban J connectivity index is 2.04. The Bertz CT molecular complexity index is 758. The van der Waals surface area contributed by atoms with Crippen molar-refractivity contribution in [2.45, 2.75) is 39.7 Å². The van der Waals surface area contributed by atoms with Crippen LogP contribution in [0.4, 0.5) is 0 Å². The van der Waals surface area contributed by atoms with Crippen LogP contribution in [0.5, 0.6) is 0 Å². The lowest BCUT2D eigenvalue weighted by atomic mass is 10.0. The summed E-state index contributed by atoms with van der Waals surface area (Å²) in [6.07, 6.45) is 3.53. The topological polar surface area (TPSA) is 65.7 Å². The van der Waals surface area contributed by atoms with E-state index < -0.39 is 5.97 Å². The van der Waals surface area contributed by atoms with Crippen LogP contribution < -0.4 is 0 Å². The number of fused-ring (bicyclic) bond motifs is 1. The summed E-state index contributed by atoms with van der Waals surface area (Å²) in [6, 6.07) is 3.76. The molecule has 2 heterocycles. The first-order valence-corrected chi connectivity index (χ1v) is 8.71. The maximum atomic E-state index is 11.5. The van der Waals surface area contributed by atoms with Crippen LogP contribution in [0, 0.1) is 13.8 Å². The summed E-state index contributed by atoms with van der Waals surface area (Å²) in [5.74, 6) is -0.901. The maximum Gasteiger partial charge on any atom is 0.336 e. The molecule has 1 aliphatic rings. The number of carbonyl (C=O) groups is 1. The lowest BCUT2D eigenvalue weighted by Crippen LogP contribution is -2.22. The van der Waals surface area contributed by atoms with Gasteiger partial charge in [-0.1, -0.05) is 0 Å². The summed E-state index contributed by atoms with van der Waals surface area (Å²) in [7, 11) is 0. The van der Waals surface area contributed by atoms with Gasteiger partial charge in [0.1, 0.15) is 0 Å². The summed E-state index contributed by atoms with van der Waals surface area (Å²) >= 11 is 0. The van der Waals surface area contributed by atoms with E-state index in [4.69, 9.17) is 0 Å². The number of carboxylic acids is 1. The maximum absolute atomic E-state index is 11.5. The van der Waals surface area contributed by atoms with Gasteiger partial charge in [0.15, 0.2) is 0 Å². The van der Waals surface area contributed by atoms with Crippen molar-refractivity contribution in [2.24, 2.45) is 0 Å².